The summed E-state index contributed by atoms with van der Waals surface area (Å²) in [5, 5.41) is 14.5. The number of carbonyl (C=O) groups is 1. The average Bonchev–Trinajstić information content (AvgIpc) is 3.15. The van der Waals surface area contributed by atoms with Gasteiger partial charge in [0.1, 0.15) is 6.33 Å². The molecule has 6 rings (SSSR count). The molecule has 26 heavy (non-hydrogen) atoms. The van der Waals surface area contributed by atoms with E-state index in [2.05, 4.69) is 27.8 Å². The minimum absolute atomic E-state index is 0.00294. The van der Waals surface area contributed by atoms with Gasteiger partial charge in [-0.3, -0.25) is 4.79 Å². The second-order valence-corrected chi connectivity index (χ2v) is 8.78. The van der Waals surface area contributed by atoms with Crippen LogP contribution >= 0.6 is 0 Å². The summed E-state index contributed by atoms with van der Waals surface area (Å²) < 4.78 is 1.57. The van der Waals surface area contributed by atoms with Gasteiger partial charge in [0.2, 0.25) is 0 Å². The average molecular weight is 351 g/mol. The molecule has 1 N–H and O–H groups in total. The van der Waals surface area contributed by atoms with E-state index in [9.17, 15) is 4.79 Å². The molecule has 4 bridgehead atoms. The highest BCUT2D eigenvalue weighted by atomic mass is 16.1. The van der Waals surface area contributed by atoms with Crippen LogP contribution in [0.1, 0.15) is 55.8 Å². The topological polar surface area (TPSA) is 72.7 Å². The molecule has 1 unspecified atom stereocenters. The number of nitrogens with one attached hydrogen (secondary N) is 1. The summed E-state index contributed by atoms with van der Waals surface area (Å²) in [6.45, 7) is 2.22. The Labute approximate surface area is 153 Å². The monoisotopic (exact) mass is 351 g/mol. The van der Waals surface area contributed by atoms with Crippen molar-refractivity contribution in [3.63, 3.8) is 0 Å². The van der Waals surface area contributed by atoms with Crippen LogP contribution in [-0.2, 0) is 0 Å². The van der Waals surface area contributed by atoms with Crippen LogP contribution in [0.4, 0.5) is 0 Å². The Balaban J connectivity index is 1.33. The molecule has 0 saturated heterocycles. The summed E-state index contributed by atoms with van der Waals surface area (Å²) in [5.41, 5.74) is 1.78. The van der Waals surface area contributed by atoms with Crippen molar-refractivity contribution in [3.05, 3.63) is 36.2 Å². The lowest BCUT2D eigenvalue weighted by Gasteiger charge is -2.59. The van der Waals surface area contributed by atoms with Crippen molar-refractivity contribution in [1.82, 2.24) is 25.5 Å². The van der Waals surface area contributed by atoms with E-state index in [4.69, 9.17) is 0 Å². The summed E-state index contributed by atoms with van der Waals surface area (Å²) in [6.07, 6.45) is 9.70. The predicted molar refractivity (Wildman–Crippen MR) is 96.7 cm³/mol. The first-order valence-electron chi connectivity index (χ1n) is 9.76. The number of aromatic nitrogens is 4. The van der Waals surface area contributed by atoms with Crippen molar-refractivity contribution >= 4 is 5.91 Å². The van der Waals surface area contributed by atoms with Gasteiger partial charge in [-0.15, -0.1) is 5.10 Å². The standard InChI is InChI=1S/C20H25N5O/c1-13(20-9-14-5-15(10-20)7-16(6-14)11-20)22-19(26)17-3-2-4-18(8-17)25-12-21-23-24-25/h2-4,8,12-16H,5-7,9-11H2,1H3,(H,22,26). The van der Waals surface area contributed by atoms with Crippen LogP contribution < -0.4 is 5.32 Å². The fraction of sp³-hybridized carbons (Fsp3) is 0.600. The molecule has 1 aromatic carbocycles. The summed E-state index contributed by atoms with van der Waals surface area (Å²) >= 11 is 0. The number of tetrazole rings is 1. The number of nitrogens with zero attached hydrogens (tertiary/aromatic N) is 4. The molecule has 6 nitrogen and oxygen atoms in total. The zero-order chi connectivity index (χ0) is 17.7. The lowest BCUT2D eigenvalue weighted by atomic mass is 9.48. The van der Waals surface area contributed by atoms with Gasteiger partial charge in [-0.05, 0) is 97.2 Å². The lowest BCUT2D eigenvalue weighted by molar-refractivity contribution is -0.0688. The van der Waals surface area contributed by atoms with Gasteiger partial charge >= 0.3 is 0 Å². The molecule has 6 heteroatoms. The van der Waals surface area contributed by atoms with Crippen molar-refractivity contribution in [1.29, 1.82) is 0 Å². The quantitative estimate of drug-likeness (QED) is 0.919. The van der Waals surface area contributed by atoms with Crippen molar-refractivity contribution in [2.75, 3.05) is 0 Å². The van der Waals surface area contributed by atoms with Gasteiger partial charge < -0.3 is 5.32 Å². The first-order valence-corrected chi connectivity index (χ1v) is 9.76. The third-order valence-corrected chi connectivity index (χ3v) is 7.07. The molecular weight excluding hydrogens is 326 g/mol. The van der Waals surface area contributed by atoms with E-state index in [0.717, 1.165) is 23.4 Å². The molecule has 136 valence electrons. The summed E-state index contributed by atoms with van der Waals surface area (Å²) in [4.78, 5) is 12.9. The van der Waals surface area contributed by atoms with Gasteiger partial charge in [-0.1, -0.05) is 6.07 Å². The summed E-state index contributed by atoms with van der Waals surface area (Å²) in [5.74, 6) is 2.68. The van der Waals surface area contributed by atoms with Gasteiger partial charge in [-0.2, -0.15) is 0 Å². The zero-order valence-electron chi connectivity index (χ0n) is 15.1. The van der Waals surface area contributed by atoms with Crippen molar-refractivity contribution in [3.8, 4) is 5.69 Å². The zero-order valence-corrected chi connectivity index (χ0v) is 15.1. The van der Waals surface area contributed by atoms with Crippen molar-refractivity contribution in [2.24, 2.45) is 23.2 Å². The molecule has 4 aliphatic rings. The van der Waals surface area contributed by atoms with Gasteiger partial charge in [0, 0.05) is 11.6 Å². The summed E-state index contributed by atoms with van der Waals surface area (Å²) in [6, 6.07) is 7.70. The van der Waals surface area contributed by atoms with Crippen molar-refractivity contribution < 1.29 is 4.79 Å². The van der Waals surface area contributed by atoms with E-state index < -0.39 is 0 Å². The third kappa shape index (κ3) is 2.63. The highest BCUT2D eigenvalue weighted by Crippen LogP contribution is 2.61. The number of carbonyl (C=O) groups excluding carboxylic acids is 1. The molecule has 4 saturated carbocycles. The minimum Gasteiger partial charge on any atom is -0.349 e. The minimum atomic E-state index is 0.00294. The Morgan fingerprint density at radius 1 is 1.19 bits per heavy atom. The molecule has 4 aliphatic carbocycles. The molecule has 1 atom stereocenters. The molecule has 0 spiro atoms. The van der Waals surface area contributed by atoms with Crippen LogP contribution in [0.2, 0.25) is 0 Å². The van der Waals surface area contributed by atoms with E-state index >= 15 is 0 Å². The summed E-state index contributed by atoms with van der Waals surface area (Å²) in [7, 11) is 0. The lowest BCUT2D eigenvalue weighted by Crippen LogP contribution is -2.55. The SMILES string of the molecule is CC(NC(=O)c1cccc(-n2cnnn2)c1)C12CC3CC(CC(C3)C1)C2. The maximum absolute atomic E-state index is 12.9. The Kier molecular flexibility index (Phi) is 3.62. The van der Waals surface area contributed by atoms with E-state index in [-0.39, 0.29) is 11.9 Å². The Morgan fingerprint density at radius 2 is 1.88 bits per heavy atom. The second kappa shape index (κ2) is 5.89. The molecule has 1 amide bonds. The van der Waals surface area contributed by atoms with Crippen LogP contribution in [-0.4, -0.2) is 32.2 Å². The van der Waals surface area contributed by atoms with Gasteiger partial charge in [0.25, 0.3) is 5.91 Å². The van der Waals surface area contributed by atoms with Crippen LogP contribution in [0.3, 0.4) is 0 Å². The van der Waals surface area contributed by atoms with Gasteiger partial charge in [-0.25, -0.2) is 4.68 Å². The van der Waals surface area contributed by atoms with E-state index in [1.54, 1.807) is 4.68 Å². The van der Waals surface area contributed by atoms with Crippen LogP contribution in [0, 0.1) is 23.2 Å². The number of hydrogen-bond donors (Lipinski definition) is 1. The fourth-order valence-corrected chi connectivity index (χ4v) is 6.21. The van der Waals surface area contributed by atoms with Gasteiger partial charge in [0.15, 0.2) is 0 Å². The van der Waals surface area contributed by atoms with E-state index in [1.807, 2.05) is 24.3 Å². The predicted octanol–water partition coefficient (Wildman–Crippen LogP) is 3.00. The Bertz CT molecular complexity index is 780. The second-order valence-electron chi connectivity index (χ2n) is 8.78. The molecular formula is C20H25N5O. The largest absolute Gasteiger partial charge is 0.349 e. The Morgan fingerprint density at radius 3 is 2.50 bits per heavy atom. The van der Waals surface area contributed by atoms with Gasteiger partial charge in [0.05, 0.1) is 5.69 Å². The highest BCUT2D eigenvalue weighted by Gasteiger charge is 2.53. The van der Waals surface area contributed by atoms with Crippen molar-refractivity contribution in [2.45, 2.75) is 51.5 Å². The smallest absolute Gasteiger partial charge is 0.251 e. The third-order valence-electron chi connectivity index (χ3n) is 7.07. The molecule has 0 aliphatic heterocycles. The molecule has 4 fully saturated rings. The molecule has 1 aromatic heterocycles. The highest BCUT2D eigenvalue weighted by molar-refractivity contribution is 5.94. The number of rotatable bonds is 4. The van der Waals surface area contributed by atoms with E-state index in [0.29, 0.717) is 11.0 Å². The number of amides is 1. The van der Waals surface area contributed by atoms with Crippen LogP contribution in [0.5, 0.6) is 0 Å². The number of hydrogen-bond acceptors (Lipinski definition) is 4. The fourth-order valence-electron chi connectivity index (χ4n) is 6.21. The first-order chi connectivity index (χ1) is 12.6. The van der Waals surface area contributed by atoms with Crippen LogP contribution in [0.15, 0.2) is 30.6 Å². The molecule has 1 heterocycles. The Hall–Kier alpha value is -2.24. The maximum Gasteiger partial charge on any atom is 0.251 e. The first kappa shape index (κ1) is 16.0. The van der Waals surface area contributed by atoms with E-state index in [1.165, 1.54) is 44.9 Å². The normalized spacial score (nSPS) is 33.2. The van der Waals surface area contributed by atoms with Crippen LogP contribution in [0.25, 0.3) is 5.69 Å². The maximum atomic E-state index is 12.9. The number of benzene rings is 1. The molecule has 0 radical (unpaired) electrons. The molecule has 2 aromatic rings.